The van der Waals surface area contributed by atoms with E-state index < -0.39 is 48.4 Å². The van der Waals surface area contributed by atoms with Gasteiger partial charge in [-0.05, 0) is 57.2 Å². The van der Waals surface area contributed by atoms with Crippen LogP contribution in [0, 0.1) is 5.92 Å². The van der Waals surface area contributed by atoms with E-state index in [9.17, 15) is 23.5 Å². The zero-order chi connectivity index (χ0) is 31.2. The van der Waals surface area contributed by atoms with Gasteiger partial charge >= 0.3 is 6.43 Å². The molecule has 4 N–H and O–H groups in total. The number of benzene rings is 1. The molecule has 0 radical (unpaired) electrons. The van der Waals surface area contributed by atoms with Crippen LogP contribution in [0.25, 0.3) is 0 Å². The Balaban J connectivity index is 1.61. The van der Waals surface area contributed by atoms with Gasteiger partial charge < -0.3 is 35.4 Å². The Labute approximate surface area is 242 Å². The number of ether oxygens (including phenoxy) is 2. The van der Waals surface area contributed by atoms with Gasteiger partial charge in [0, 0.05) is 36.0 Å². The lowest BCUT2D eigenvalue weighted by molar-refractivity contribution is -0.143. The Bertz CT molecular complexity index is 1200. The van der Waals surface area contributed by atoms with E-state index in [4.69, 9.17) is 9.47 Å². The van der Waals surface area contributed by atoms with Crippen molar-refractivity contribution >= 4 is 17.4 Å². The number of alkyl halides is 3. The maximum atomic E-state index is 15.9. The van der Waals surface area contributed by atoms with E-state index in [1.165, 1.54) is 11.8 Å². The summed E-state index contributed by atoms with van der Waals surface area (Å²) in [6.45, 7) is 5.98. The lowest BCUT2D eigenvalue weighted by Crippen LogP contribution is -2.48. The minimum atomic E-state index is -3.20. The van der Waals surface area contributed by atoms with E-state index in [0.717, 1.165) is 17.8 Å². The standard InChI is InChI=1S/C29H38F4N4O5/c1-6-23(16(2)11-24(38)17(3)35-18-7-9-20(41-5)10-8-18)36-25-22(30)12-19(13-29(25,4)33)37-15-21(42-28(37)40)14-34-27(39)26(31)32/h6-10,12-13,16-17,21,25-26,28,35-36,40H,11,14-15H2,1-5H3,(H,34,39)/b23-6+/t16?,17?,21-,25?,28?,29?/m0/s1. The van der Waals surface area contributed by atoms with Crippen LogP contribution in [0.3, 0.4) is 0 Å². The highest BCUT2D eigenvalue weighted by Gasteiger charge is 2.43. The molecule has 2 aliphatic rings. The van der Waals surface area contributed by atoms with E-state index in [2.05, 4.69) is 10.6 Å². The highest BCUT2D eigenvalue weighted by molar-refractivity contribution is 5.86. The van der Waals surface area contributed by atoms with Crippen molar-refractivity contribution in [2.24, 2.45) is 5.92 Å². The second kappa shape index (κ2) is 14.1. The second-order valence-electron chi connectivity index (χ2n) is 10.5. The van der Waals surface area contributed by atoms with Crippen molar-refractivity contribution < 1.29 is 41.7 Å². The Morgan fingerprint density at radius 1 is 1.26 bits per heavy atom. The van der Waals surface area contributed by atoms with Crippen LogP contribution in [0.15, 0.2) is 59.7 Å². The first kappa shape index (κ1) is 32.9. The summed E-state index contributed by atoms with van der Waals surface area (Å²) in [5.74, 6) is -2.12. The van der Waals surface area contributed by atoms with Crippen LogP contribution in [0.5, 0.6) is 5.75 Å². The van der Waals surface area contributed by atoms with Crippen LogP contribution < -0.4 is 20.7 Å². The number of nitrogens with one attached hydrogen (secondary N) is 3. The average molecular weight is 599 g/mol. The molecule has 5 unspecified atom stereocenters. The summed E-state index contributed by atoms with van der Waals surface area (Å²) in [7, 11) is 1.56. The first-order valence-electron chi connectivity index (χ1n) is 13.6. The van der Waals surface area contributed by atoms with Crippen LogP contribution >= 0.6 is 0 Å². The monoisotopic (exact) mass is 598 g/mol. The molecular formula is C29H38F4N4O5. The molecule has 1 aliphatic heterocycles. The van der Waals surface area contributed by atoms with Gasteiger partial charge in [-0.1, -0.05) is 13.0 Å². The molecule has 232 valence electrons. The first-order valence-corrected chi connectivity index (χ1v) is 13.6. The number of rotatable bonds is 13. The van der Waals surface area contributed by atoms with E-state index in [0.29, 0.717) is 11.4 Å². The van der Waals surface area contributed by atoms with Crippen molar-refractivity contribution in [3.63, 3.8) is 0 Å². The predicted molar refractivity (Wildman–Crippen MR) is 149 cm³/mol. The zero-order valence-corrected chi connectivity index (χ0v) is 24.2. The molecule has 1 saturated heterocycles. The number of ketones is 1. The van der Waals surface area contributed by atoms with Crippen molar-refractivity contribution in [1.29, 1.82) is 0 Å². The Hall–Kier alpha value is -3.58. The number of allylic oxidation sites excluding steroid dienone is 3. The fourth-order valence-electron chi connectivity index (χ4n) is 4.80. The quantitative estimate of drug-likeness (QED) is 0.254. The molecular weight excluding hydrogens is 560 g/mol. The molecule has 1 aliphatic carbocycles. The third-order valence-electron chi connectivity index (χ3n) is 7.19. The molecule has 1 fully saturated rings. The Morgan fingerprint density at radius 2 is 1.93 bits per heavy atom. The minimum absolute atomic E-state index is 0.00517. The topological polar surface area (TPSA) is 112 Å². The van der Waals surface area contributed by atoms with Crippen LogP contribution in [0.4, 0.5) is 23.2 Å². The van der Waals surface area contributed by atoms with Gasteiger partial charge in [-0.3, -0.25) is 9.59 Å². The number of amides is 1. The molecule has 6 atom stereocenters. The third-order valence-corrected chi connectivity index (χ3v) is 7.19. The highest BCUT2D eigenvalue weighted by Crippen LogP contribution is 2.35. The van der Waals surface area contributed by atoms with Crippen molar-refractivity contribution in [3.8, 4) is 5.75 Å². The van der Waals surface area contributed by atoms with Crippen molar-refractivity contribution in [3.05, 3.63) is 59.7 Å². The van der Waals surface area contributed by atoms with E-state index >= 15 is 8.78 Å². The van der Waals surface area contributed by atoms with Gasteiger partial charge in [0.15, 0.2) is 11.5 Å². The summed E-state index contributed by atoms with van der Waals surface area (Å²) in [5.41, 5.74) is -1.04. The minimum Gasteiger partial charge on any atom is -0.497 e. The Kier molecular flexibility index (Phi) is 11.0. The Morgan fingerprint density at radius 3 is 2.50 bits per heavy atom. The molecule has 1 aromatic carbocycles. The van der Waals surface area contributed by atoms with Gasteiger partial charge in [0.25, 0.3) is 5.91 Å². The lowest BCUT2D eigenvalue weighted by atomic mass is 9.89. The molecule has 1 aromatic rings. The SMILES string of the molecule is C/C=C(/NC1C(F)=CC(N2C[C@H](CNC(=O)C(F)F)OC2O)=CC1(C)F)C(C)CC(=O)C(C)Nc1ccc(OC)cc1. The summed E-state index contributed by atoms with van der Waals surface area (Å²) >= 11 is 0. The number of Topliss-reactive ketones (excluding diaryl/α,β-unsaturated/α-hetero) is 1. The number of anilines is 1. The molecule has 0 spiro atoms. The number of aliphatic hydroxyl groups is 1. The molecule has 0 aromatic heterocycles. The molecule has 9 nitrogen and oxygen atoms in total. The number of hydrogen-bond donors (Lipinski definition) is 4. The third kappa shape index (κ3) is 8.25. The van der Waals surface area contributed by atoms with Crippen LogP contribution in [-0.2, 0) is 14.3 Å². The molecule has 3 rings (SSSR count). The van der Waals surface area contributed by atoms with Crippen molar-refractivity contribution in [2.75, 3.05) is 25.5 Å². The lowest BCUT2D eigenvalue weighted by Gasteiger charge is -2.36. The summed E-state index contributed by atoms with van der Waals surface area (Å²) in [6.07, 6.45) is -1.72. The van der Waals surface area contributed by atoms with E-state index in [1.807, 2.05) is 5.32 Å². The summed E-state index contributed by atoms with van der Waals surface area (Å²) in [6, 6.07) is 5.22. The molecule has 13 heteroatoms. The number of halogens is 4. The number of nitrogens with zero attached hydrogens (tertiary/aromatic N) is 1. The van der Waals surface area contributed by atoms with E-state index in [1.54, 1.807) is 58.2 Å². The van der Waals surface area contributed by atoms with Crippen molar-refractivity contribution in [2.45, 2.75) is 70.8 Å². The van der Waals surface area contributed by atoms with Crippen LogP contribution in [0.1, 0.15) is 34.1 Å². The summed E-state index contributed by atoms with van der Waals surface area (Å²) in [5, 5.41) is 18.3. The van der Waals surface area contributed by atoms with Crippen LogP contribution in [-0.4, -0.2) is 78.6 Å². The number of hydrogen-bond acceptors (Lipinski definition) is 8. The van der Waals surface area contributed by atoms with Gasteiger partial charge in [-0.2, -0.15) is 8.78 Å². The number of methoxy groups -OCH3 is 1. The fraction of sp³-hybridized carbons (Fsp3) is 0.517. The van der Waals surface area contributed by atoms with Crippen LogP contribution in [0.2, 0.25) is 0 Å². The van der Waals surface area contributed by atoms with Gasteiger partial charge in [0.1, 0.15) is 17.6 Å². The first-order chi connectivity index (χ1) is 19.7. The second-order valence-corrected chi connectivity index (χ2v) is 10.5. The largest absolute Gasteiger partial charge is 0.497 e. The molecule has 0 bridgehead atoms. The molecule has 0 saturated carbocycles. The molecule has 42 heavy (non-hydrogen) atoms. The van der Waals surface area contributed by atoms with Crippen molar-refractivity contribution in [1.82, 2.24) is 15.5 Å². The number of aliphatic hydroxyl groups excluding tert-OH is 1. The average Bonchev–Trinajstić information content (AvgIpc) is 3.31. The summed E-state index contributed by atoms with van der Waals surface area (Å²) < 4.78 is 66.5. The predicted octanol–water partition coefficient (Wildman–Crippen LogP) is 3.79. The normalized spacial score (nSPS) is 25.8. The van der Waals surface area contributed by atoms with E-state index in [-0.39, 0.29) is 36.9 Å². The van der Waals surface area contributed by atoms with Gasteiger partial charge in [0.2, 0.25) is 6.41 Å². The van der Waals surface area contributed by atoms with Gasteiger partial charge in [0.05, 0.1) is 25.8 Å². The molecule has 1 heterocycles. The highest BCUT2D eigenvalue weighted by atomic mass is 19.3. The maximum Gasteiger partial charge on any atom is 0.315 e. The van der Waals surface area contributed by atoms with Gasteiger partial charge in [-0.15, -0.1) is 0 Å². The summed E-state index contributed by atoms with van der Waals surface area (Å²) in [4.78, 5) is 25.2. The number of carbonyl (C=O) groups excluding carboxylic acids is 2. The fourth-order valence-corrected chi connectivity index (χ4v) is 4.80. The maximum absolute atomic E-state index is 15.9. The van der Waals surface area contributed by atoms with Gasteiger partial charge in [-0.25, -0.2) is 8.78 Å². The zero-order valence-electron chi connectivity index (χ0n) is 24.2. The smallest absolute Gasteiger partial charge is 0.315 e. The molecule has 1 amide bonds. The number of carbonyl (C=O) groups is 2.